The van der Waals surface area contributed by atoms with E-state index in [1.807, 2.05) is 0 Å². The molecule has 4 rings (SSSR count). The van der Waals surface area contributed by atoms with E-state index in [9.17, 15) is 18.0 Å². The molecular weight excluding hydrogens is 404 g/mol. The van der Waals surface area contributed by atoms with E-state index in [-0.39, 0.29) is 29.6 Å². The van der Waals surface area contributed by atoms with Crippen LogP contribution in [0.5, 0.6) is 0 Å². The average molecular weight is 422 g/mol. The van der Waals surface area contributed by atoms with Gasteiger partial charge in [0.15, 0.2) is 0 Å². The van der Waals surface area contributed by atoms with Crippen LogP contribution in [0, 0.1) is 0 Å². The van der Waals surface area contributed by atoms with Crippen molar-refractivity contribution in [2.24, 2.45) is 0 Å². The van der Waals surface area contributed by atoms with Gasteiger partial charge in [0.1, 0.15) is 5.69 Å². The first-order valence-corrected chi connectivity index (χ1v) is 10.7. The van der Waals surface area contributed by atoms with Crippen molar-refractivity contribution < 1.29 is 18.0 Å². The Morgan fingerprint density at radius 2 is 1.63 bits per heavy atom. The van der Waals surface area contributed by atoms with Gasteiger partial charge in [-0.25, -0.2) is 13.1 Å². The first kappa shape index (κ1) is 19.9. The van der Waals surface area contributed by atoms with Crippen LogP contribution < -0.4 is 4.72 Å². The molecule has 0 radical (unpaired) electrons. The van der Waals surface area contributed by atoms with Crippen molar-refractivity contribution in [2.45, 2.75) is 17.9 Å². The van der Waals surface area contributed by atoms with Crippen LogP contribution in [0.2, 0.25) is 0 Å². The molecule has 0 unspecified atom stereocenters. The highest BCUT2D eigenvalue weighted by Gasteiger charge is 2.36. The lowest BCUT2D eigenvalue weighted by molar-refractivity contribution is 0.0654. The Labute approximate surface area is 173 Å². The minimum Gasteiger partial charge on any atom is -0.273 e. The fourth-order valence-corrected chi connectivity index (χ4v) is 4.15. The highest BCUT2D eigenvalue weighted by Crippen LogP contribution is 2.21. The molecule has 1 aliphatic rings. The summed E-state index contributed by atoms with van der Waals surface area (Å²) in [6.07, 6.45) is 3.49. The van der Waals surface area contributed by atoms with Gasteiger partial charge in [-0.2, -0.15) is 0 Å². The van der Waals surface area contributed by atoms with Crippen molar-refractivity contribution in [2.75, 3.05) is 6.54 Å². The zero-order valence-corrected chi connectivity index (χ0v) is 16.7. The summed E-state index contributed by atoms with van der Waals surface area (Å²) in [6.45, 7) is 0.288. The van der Waals surface area contributed by atoms with Gasteiger partial charge in [0, 0.05) is 18.9 Å². The third-order valence-corrected chi connectivity index (χ3v) is 6.18. The zero-order valence-electron chi connectivity index (χ0n) is 15.9. The van der Waals surface area contributed by atoms with Crippen molar-refractivity contribution in [3.63, 3.8) is 0 Å². The summed E-state index contributed by atoms with van der Waals surface area (Å²) >= 11 is 0. The molecule has 3 heterocycles. The Bertz CT molecular complexity index is 1160. The molecule has 0 aliphatic carbocycles. The van der Waals surface area contributed by atoms with Crippen LogP contribution in [-0.4, -0.2) is 41.6 Å². The molecule has 0 saturated carbocycles. The molecule has 0 atom stereocenters. The molecule has 0 bridgehead atoms. The Morgan fingerprint density at radius 1 is 0.867 bits per heavy atom. The standard InChI is InChI=1S/C21H18N4O4S/c26-20-18-5-3-12-23-19(18)21(27)25(20)13-10-15-6-8-17(9-7-15)30(28,29)24-14-16-4-1-2-11-22-16/h1-9,11-12,24H,10,13-14H2. The molecule has 1 aromatic carbocycles. The number of rotatable bonds is 7. The lowest BCUT2D eigenvalue weighted by Crippen LogP contribution is -2.31. The van der Waals surface area contributed by atoms with Crippen LogP contribution in [0.4, 0.5) is 0 Å². The molecule has 1 aliphatic heterocycles. The molecule has 0 spiro atoms. The minimum atomic E-state index is -3.68. The number of carbonyl (C=O) groups is 2. The number of sulfonamides is 1. The van der Waals surface area contributed by atoms with E-state index in [1.54, 1.807) is 48.7 Å². The van der Waals surface area contributed by atoms with Crippen LogP contribution in [-0.2, 0) is 23.0 Å². The quantitative estimate of drug-likeness (QED) is 0.582. The van der Waals surface area contributed by atoms with Gasteiger partial charge in [0.05, 0.1) is 22.7 Å². The summed E-state index contributed by atoms with van der Waals surface area (Å²) < 4.78 is 27.4. The molecule has 3 aromatic rings. The minimum absolute atomic E-state index is 0.0959. The molecule has 9 heteroatoms. The number of amides is 2. The molecule has 152 valence electrons. The third kappa shape index (κ3) is 3.98. The number of fused-ring (bicyclic) bond motifs is 1. The van der Waals surface area contributed by atoms with Crippen molar-refractivity contribution in [3.8, 4) is 0 Å². The monoisotopic (exact) mass is 422 g/mol. The number of imide groups is 1. The number of hydrogen-bond acceptors (Lipinski definition) is 6. The van der Waals surface area contributed by atoms with Gasteiger partial charge in [0.2, 0.25) is 10.0 Å². The number of hydrogen-bond donors (Lipinski definition) is 1. The summed E-state index contributed by atoms with van der Waals surface area (Å²) in [7, 11) is -3.68. The largest absolute Gasteiger partial charge is 0.280 e. The smallest absolute Gasteiger partial charge is 0.273 e. The SMILES string of the molecule is O=C1c2cccnc2C(=O)N1CCc1ccc(S(=O)(=O)NCc2ccccn2)cc1. The van der Waals surface area contributed by atoms with Crippen LogP contribution in [0.15, 0.2) is 71.9 Å². The molecule has 0 fully saturated rings. The molecule has 1 N–H and O–H groups in total. The second-order valence-electron chi connectivity index (χ2n) is 6.70. The van der Waals surface area contributed by atoms with Crippen molar-refractivity contribution in [3.05, 3.63) is 89.5 Å². The van der Waals surface area contributed by atoms with Crippen molar-refractivity contribution >= 4 is 21.8 Å². The predicted octanol–water partition coefficient (Wildman–Crippen LogP) is 1.79. The van der Waals surface area contributed by atoms with Crippen LogP contribution in [0.3, 0.4) is 0 Å². The van der Waals surface area contributed by atoms with E-state index in [0.29, 0.717) is 17.7 Å². The first-order chi connectivity index (χ1) is 14.5. The Hall–Kier alpha value is -3.43. The normalized spacial score (nSPS) is 13.5. The molecular formula is C21H18N4O4S. The fourth-order valence-electron chi connectivity index (χ4n) is 3.15. The highest BCUT2D eigenvalue weighted by atomic mass is 32.2. The second kappa shape index (κ2) is 8.13. The highest BCUT2D eigenvalue weighted by molar-refractivity contribution is 7.89. The van der Waals surface area contributed by atoms with Gasteiger partial charge >= 0.3 is 0 Å². The zero-order chi connectivity index (χ0) is 21.1. The van der Waals surface area contributed by atoms with E-state index in [2.05, 4.69) is 14.7 Å². The lowest BCUT2D eigenvalue weighted by atomic mass is 10.1. The number of pyridine rings is 2. The Balaban J connectivity index is 1.38. The van der Waals surface area contributed by atoms with E-state index in [1.165, 1.54) is 18.3 Å². The predicted molar refractivity (Wildman–Crippen MR) is 108 cm³/mol. The van der Waals surface area contributed by atoms with Gasteiger partial charge in [-0.15, -0.1) is 0 Å². The lowest BCUT2D eigenvalue weighted by Gasteiger charge is -2.13. The molecule has 30 heavy (non-hydrogen) atoms. The summed E-state index contributed by atoms with van der Waals surface area (Å²) in [5, 5.41) is 0. The average Bonchev–Trinajstić information content (AvgIpc) is 3.02. The van der Waals surface area contributed by atoms with Gasteiger partial charge < -0.3 is 0 Å². The maximum atomic E-state index is 12.5. The Morgan fingerprint density at radius 3 is 2.33 bits per heavy atom. The Kier molecular flexibility index (Phi) is 5.39. The number of nitrogens with one attached hydrogen (secondary N) is 1. The first-order valence-electron chi connectivity index (χ1n) is 9.25. The van der Waals surface area contributed by atoms with E-state index >= 15 is 0 Å². The summed E-state index contributed by atoms with van der Waals surface area (Å²) in [5.41, 5.74) is 1.90. The van der Waals surface area contributed by atoms with Crippen molar-refractivity contribution in [1.29, 1.82) is 0 Å². The molecule has 2 aromatic heterocycles. The van der Waals surface area contributed by atoms with Gasteiger partial charge in [-0.1, -0.05) is 18.2 Å². The van der Waals surface area contributed by atoms with Gasteiger partial charge in [0.25, 0.3) is 11.8 Å². The maximum absolute atomic E-state index is 12.5. The molecule has 0 saturated heterocycles. The number of carbonyl (C=O) groups excluding carboxylic acids is 2. The fraction of sp³-hybridized carbons (Fsp3) is 0.143. The van der Waals surface area contributed by atoms with E-state index < -0.39 is 15.9 Å². The van der Waals surface area contributed by atoms with Gasteiger partial charge in [-0.3, -0.25) is 24.5 Å². The van der Waals surface area contributed by atoms with Crippen LogP contribution in [0.25, 0.3) is 0 Å². The van der Waals surface area contributed by atoms with Gasteiger partial charge in [-0.05, 0) is 48.4 Å². The van der Waals surface area contributed by atoms with Crippen molar-refractivity contribution in [1.82, 2.24) is 19.6 Å². The maximum Gasteiger partial charge on any atom is 0.280 e. The van der Waals surface area contributed by atoms with Crippen LogP contribution >= 0.6 is 0 Å². The topological polar surface area (TPSA) is 109 Å². The van der Waals surface area contributed by atoms with E-state index in [0.717, 1.165) is 10.5 Å². The number of aromatic nitrogens is 2. The summed E-state index contributed by atoms with van der Waals surface area (Å²) in [6, 6.07) is 14.8. The molecule has 2 amide bonds. The second-order valence-corrected chi connectivity index (χ2v) is 8.47. The van der Waals surface area contributed by atoms with Crippen LogP contribution in [0.1, 0.15) is 32.1 Å². The van der Waals surface area contributed by atoms with E-state index in [4.69, 9.17) is 0 Å². The molecule has 8 nitrogen and oxygen atoms in total. The summed E-state index contributed by atoms with van der Waals surface area (Å²) in [4.78, 5) is 34.1. The number of nitrogens with zero attached hydrogens (tertiary/aromatic N) is 3. The third-order valence-electron chi connectivity index (χ3n) is 4.76. The summed E-state index contributed by atoms with van der Waals surface area (Å²) in [5.74, 6) is -0.769. The number of benzene rings is 1.